The second-order valence-corrected chi connectivity index (χ2v) is 7.01. The van der Waals surface area contributed by atoms with Gasteiger partial charge >= 0.3 is 6.09 Å². The number of ether oxygens (including phenoxy) is 2. The summed E-state index contributed by atoms with van der Waals surface area (Å²) < 4.78 is 15.5. The van der Waals surface area contributed by atoms with Crippen molar-refractivity contribution in [2.24, 2.45) is 0 Å². The summed E-state index contributed by atoms with van der Waals surface area (Å²) in [4.78, 5) is 17.9. The highest BCUT2D eigenvalue weighted by Gasteiger charge is 2.27. The molecule has 2 fully saturated rings. The minimum atomic E-state index is -0.296. The van der Waals surface area contributed by atoms with Crippen molar-refractivity contribution in [3.63, 3.8) is 0 Å². The first-order valence-corrected chi connectivity index (χ1v) is 9.33. The molecular weight excluding hydrogens is 362 g/mol. The quantitative estimate of drug-likeness (QED) is 0.760. The fourth-order valence-corrected chi connectivity index (χ4v) is 3.45. The van der Waals surface area contributed by atoms with Gasteiger partial charge in [0.15, 0.2) is 5.82 Å². The predicted molar refractivity (Wildman–Crippen MR) is 102 cm³/mol. The number of rotatable bonds is 5. The summed E-state index contributed by atoms with van der Waals surface area (Å²) >= 11 is 0. The number of anilines is 1. The third-order valence-electron chi connectivity index (χ3n) is 5.19. The molecule has 1 aromatic carbocycles. The van der Waals surface area contributed by atoms with Gasteiger partial charge in [0.05, 0.1) is 26.4 Å². The number of nitrogens with zero attached hydrogens (tertiary/aromatic N) is 3. The van der Waals surface area contributed by atoms with Gasteiger partial charge in [0.1, 0.15) is 0 Å². The Labute approximate surface area is 162 Å². The number of nitrogens with one attached hydrogen (secondary N) is 2. The van der Waals surface area contributed by atoms with Crippen LogP contribution in [0.2, 0.25) is 0 Å². The molecule has 0 unspecified atom stereocenters. The summed E-state index contributed by atoms with van der Waals surface area (Å²) in [6.07, 6.45) is 2.57. The largest absolute Gasteiger partial charge is 0.453 e. The van der Waals surface area contributed by atoms with E-state index in [9.17, 15) is 4.79 Å². The molecule has 9 heteroatoms. The molecule has 0 atom stereocenters. The van der Waals surface area contributed by atoms with Crippen LogP contribution in [0.25, 0.3) is 11.5 Å². The summed E-state index contributed by atoms with van der Waals surface area (Å²) in [5.74, 6) is 1.27. The zero-order valence-corrected chi connectivity index (χ0v) is 15.7. The smallest absolute Gasteiger partial charge is 0.409 e. The molecule has 148 valence electrons. The number of hydrogen-bond acceptors (Lipinski definition) is 8. The van der Waals surface area contributed by atoms with E-state index in [1.165, 1.54) is 13.3 Å². The standard InChI is InChI=1S/C19H23N5O4/c1-26-19(25)24-6-4-12(5-7-24)17-22-18(28-23-17)13-2-3-14(9-20)16(8-13)21-15-10-27-11-15/h2-3,8-9,12,15,20-21H,4-7,10-11H2,1H3. The Morgan fingerprint density at radius 1 is 1.36 bits per heavy atom. The Kier molecular flexibility index (Phi) is 5.25. The molecule has 0 spiro atoms. The first kappa shape index (κ1) is 18.4. The highest BCUT2D eigenvalue weighted by Crippen LogP contribution is 2.30. The molecule has 0 saturated carbocycles. The molecule has 0 aliphatic carbocycles. The Morgan fingerprint density at radius 3 is 2.79 bits per heavy atom. The van der Waals surface area contributed by atoms with Crippen molar-refractivity contribution in [3.8, 4) is 11.5 Å². The van der Waals surface area contributed by atoms with E-state index in [4.69, 9.17) is 19.4 Å². The molecule has 2 aromatic rings. The van der Waals surface area contributed by atoms with Crippen LogP contribution < -0.4 is 5.32 Å². The third-order valence-corrected chi connectivity index (χ3v) is 5.19. The number of piperidine rings is 1. The van der Waals surface area contributed by atoms with Gasteiger partial charge in [0, 0.05) is 42.0 Å². The molecule has 3 heterocycles. The highest BCUT2D eigenvalue weighted by atomic mass is 16.5. The van der Waals surface area contributed by atoms with Crippen molar-refractivity contribution in [3.05, 3.63) is 29.6 Å². The van der Waals surface area contributed by atoms with Crippen LogP contribution in [0.3, 0.4) is 0 Å². The summed E-state index contributed by atoms with van der Waals surface area (Å²) in [6, 6.07) is 5.92. The van der Waals surface area contributed by atoms with Crippen LogP contribution in [0.1, 0.15) is 30.1 Å². The molecule has 1 aromatic heterocycles. The van der Waals surface area contributed by atoms with Gasteiger partial charge in [-0.25, -0.2) is 4.79 Å². The van der Waals surface area contributed by atoms with Crippen molar-refractivity contribution in [2.75, 3.05) is 38.7 Å². The van der Waals surface area contributed by atoms with Gasteiger partial charge in [0.25, 0.3) is 5.89 Å². The van der Waals surface area contributed by atoms with Crippen LogP contribution in [0, 0.1) is 5.41 Å². The van der Waals surface area contributed by atoms with Crippen LogP contribution in [0.15, 0.2) is 22.7 Å². The maximum absolute atomic E-state index is 11.6. The second-order valence-electron chi connectivity index (χ2n) is 7.01. The molecule has 0 radical (unpaired) electrons. The molecule has 9 nitrogen and oxygen atoms in total. The normalized spacial score (nSPS) is 17.8. The molecular formula is C19H23N5O4. The molecule has 2 aliphatic rings. The topological polar surface area (TPSA) is 114 Å². The molecule has 2 saturated heterocycles. The van der Waals surface area contributed by atoms with Gasteiger partial charge < -0.3 is 29.6 Å². The molecule has 2 N–H and O–H groups in total. The van der Waals surface area contributed by atoms with Crippen LogP contribution in [-0.2, 0) is 9.47 Å². The van der Waals surface area contributed by atoms with E-state index in [0.717, 1.165) is 29.7 Å². The van der Waals surface area contributed by atoms with Gasteiger partial charge in [-0.05, 0) is 25.0 Å². The van der Waals surface area contributed by atoms with E-state index in [0.29, 0.717) is 38.0 Å². The van der Waals surface area contributed by atoms with Crippen molar-refractivity contribution < 1.29 is 18.8 Å². The van der Waals surface area contributed by atoms with Crippen LogP contribution in [-0.4, -0.2) is 66.8 Å². The van der Waals surface area contributed by atoms with Crippen LogP contribution >= 0.6 is 0 Å². The Bertz CT molecular complexity index is 856. The number of carbonyl (C=O) groups excluding carboxylic acids is 1. The van der Waals surface area contributed by atoms with E-state index in [1.807, 2.05) is 18.2 Å². The van der Waals surface area contributed by atoms with Gasteiger partial charge in [-0.2, -0.15) is 4.98 Å². The van der Waals surface area contributed by atoms with Crippen molar-refractivity contribution >= 4 is 18.0 Å². The second kappa shape index (κ2) is 7.97. The maximum Gasteiger partial charge on any atom is 0.409 e. The average molecular weight is 385 g/mol. The Balaban J connectivity index is 1.47. The minimum absolute atomic E-state index is 0.156. The van der Waals surface area contributed by atoms with Crippen molar-refractivity contribution in [1.29, 1.82) is 5.41 Å². The SMILES string of the molecule is COC(=O)N1CCC(c2noc(-c3ccc(C=N)c(NC4COC4)c3)n2)CC1. The third kappa shape index (κ3) is 3.70. The lowest BCUT2D eigenvalue weighted by Crippen LogP contribution is -2.40. The average Bonchev–Trinajstić information content (AvgIpc) is 3.20. The number of aromatic nitrogens is 2. The number of benzene rings is 1. The lowest BCUT2D eigenvalue weighted by atomic mass is 9.96. The predicted octanol–water partition coefficient (Wildman–Crippen LogP) is 2.49. The summed E-state index contributed by atoms with van der Waals surface area (Å²) in [5, 5.41) is 15.1. The molecule has 28 heavy (non-hydrogen) atoms. The number of carbonyl (C=O) groups is 1. The molecule has 4 rings (SSSR count). The monoisotopic (exact) mass is 385 g/mol. The van der Waals surface area contributed by atoms with Crippen LogP contribution in [0.5, 0.6) is 0 Å². The summed E-state index contributed by atoms with van der Waals surface area (Å²) in [7, 11) is 1.39. The first-order chi connectivity index (χ1) is 13.7. The maximum atomic E-state index is 11.6. The highest BCUT2D eigenvalue weighted by molar-refractivity contribution is 5.87. The Hall–Kier alpha value is -2.94. The number of amides is 1. The van der Waals surface area contributed by atoms with E-state index in [1.54, 1.807) is 4.90 Å². The van der Waals surface area contributed by atoms with Gasteiger partial charge in [-0.15, -0.1) is 0 Å². The number of likely N-dealkylation sites (tertiary alicyclic amines) is 1. The van der Waals surface area contributed by atoms with E-state index in [2.05, 4.69) is 15.5 Å². The van der Waals surface area contributed by atoms with E-state index < -0.39 is 0 Å². The van der Waals surface area contributed by atoms with Gasteiger partial charge in [-0.3, -0.25) is 0 Å². The molecule has 0 bridgehead atoms. The van der Waals surface area contributed by atoms with E-state index >= 15 is 0 Å². The molecule has 1 amide bonds. The lowest BCUT2D eigenvalue weighted by molar-refractivity contribution is 0.0211. The van der Waals surface area contributed by atoms with Crippen molar-refractivity contribution in [2.45, 2.75) is 24.8 Å². The summed E-state index contributed by atoms with van der Waals surface area (Å²) in [6.45, 7) is 2.56. The zero-order valence-electron chi connectivity index (χ0n) is 15.7. The summed E-state index contributed by atoms with van der Waals surface area (Å²) in [5.41, 5.74) is 2.46. The van der Waals surface area contributed by atoms with Gasteiger partial charge in [0.2, 0.25) is 0 Å². The zero-order chi connectivity index (χ0) is 19.5. The van der Waals surface area contributed by atoms with E-state index in [-0.39, 0.29) is 18.1 Å². The fourth-order valence-electron chi connectivity index (χ4n) is 3.45. The lowest BCUT2D eigenvalue weighted by Gasteiger charge is -2.29. The fraction of sp³-hybridized carbons (Fsp3) is 0.474. The number of methoxy groups -OCH3 is 1. The molecule has 2 aliphatic heterocycles. The Morgan fingerprint density at radius 2 is 2.14 bits per heavy atom. The number of hydrogen-bond donors (Lipinski definition) is 2. The minimum Gasteiger partial charge on any atom is -0.453 e. The van der Waals surface area contributed by atoms with Crippen molar-refractivity contribution in [1.82, 2.24) is 15.0 Å². The van der Waals surface area contributed by atoms with Crippen LogP contribution in [0.4, 0.5) is 10.5 Å². The first-order valence-electron chi connectivity index (χ1n) is 9.33. The van der Waals surface area contributed by atoms with Gasteiger partial charge in [-0.1, -0.05) is 11.2 Å².